The van der Waals surface area contributed by atoms with Crippen molar-refractivity contribution in [1.29, 1.82) is 0 Å². The number of hydrogen-bond acceptors (Lipinski definition) is 5. The van der Waals surface area contributed by atoms with Crippen LogP contribution in [0.3, 0.4) is 0 Å². The summed E-state index contributed by atoms with van der Waals surface area (Å²) in [6.07, 6.45) is 7.15. The quantitative estimate of drug-likeness (QED) is 0.753. The van der Waals surface area contributed by atoms with Crippen molar-refractivity contribution in [3.05, 3.63) is 47.5 Å². The molecule has 5 rings (SSSR count). The molecule has 1 N–H and O–H groups in total. The fourth-order valence-electron chi connectivity index (χ4n) is 4.45. The van der Waals surface area contributed by atoms with Crippen molar-refractivity contribution in [1.82, 2.24) is 19.9 Å². The standard InChI is InChI=1S/C22H26N4O2/c1-14-9-20-19(12-23-6-8-27-20)21(10-14)28-17-4-3-16(11-17)26-7-5-18-15(2)24-13-25-22(18)26/h5,7,9-10,13,16-17,23H,3-4,6,8,11-12H2,1-2H3/t16?,17-/m1/s1. The van der Waals surface area contributed by atoms with E-state index in [-0.39, 0.29) is 6.10 Å². The van der Waals surface area contributed by atoms with Gasteiger partial charge >= 0.3 is 0 Å². The number of fused-ring (bicyclic) bond motifs is 2. The van der Waals surface area contributed by atoms with E-state index >= 15 is 0 Å². The number of nitrogens with one attached hydrogen (secondary N) is 1. The fourth-order valence-corrected chi connectivity index (χ4v) is 4.45. The number of benzene rings is 1. The van der Waals surface area contributed by atoms with Gasteiger partial charge in [0.1, 0.15) is 36.2 Å². The Bertz CT molecular complexity index is 1010. The van der Waals surface area contributed by atoms with Gasteiger partial charge in [-0.1, -0.05) is 0 Å². The van der Waals surface area contributed by atoms with Gasteiger partial charge < -0.3 is 19.4 Å². The van der Waals surface area contributed by atoms with E-state index in [1.165, 1.54) is 5.56 Å². The summed E-state index contributed by atoms with van der Waals surface area (Å²) in [5.41, 5.74) is 4.37. The van der Waals surface area contributed by atoms with Crippen LogP contribution < -0.4 is 14.8 Å². The van der Waals surface area contributed by atoms with Crippen LogP contribution in [0.4, 0.5) is 0 Å². The number of aryl methyl sites for hydroxylation is 2. The van der Waals surface area contributed by atoms with Gasteiger partial charge in [-0.3, -0.25) is 0 Å². The van der Waals surface area contributed by atoms with Crippen LogP contribution in [-0.4, -0.2) is 33.8 Å². The number of aromatic nitrogens is 3. The summed E-state index contributed by atoms with van der Waals surface area (Å²) in [5, 5.41) is 4.56. The Labute approximate surface area is 164 Å². The highest BCUT2D eigenvalue weighted by atomic mass is 16.5. The van der Waals surface area contributed by atoms with E-state index in [2.05, 4.69) is 51.2 Å². The summed E-state index contributed by atoms with van der Waals surface area (Å²) in [6.45, 7) is 6.48. The van der Waals surface area contributed by atoms with Gasteiger partial charge in [0.25, 0.3) is 0 Å². The van der Waals surface area contributed by atoms with Crippen molar-refractivity contribution in [3.63, 3.8) is 0 Å². The molecule has 146 valence electrons. The number of nitrogens with zero attached hydrogens (tertiary/aromatic N) is 3. The predicted molar refractivity (Wildman–Crippen MR) is 108 cm³/mol. The molecule has 0 bridgehead atoms. The van der Waals surface area contributed by atoms with Gasteiger partial charge in [0, 0.05) is 42.7 Å². The Hall–Kier alpha value is -2.60. The maximum atomic E-state index is 6.51. The predicted octanol–water partition coefficient (Wildman–Crippen LogP) is 3.70. The van der Waals surface area contributed by atoms with Crippen LogP contribution in [0.1, 0.15) is 42.1 Å². The Balaban J connectivity index is 1.37. The summed E-state index contributed by atoms with van der Waals surface area (Å²) < 4.78 is 14.7. The van der Waals surface area contributed by atoms with E-state index in [0.717, 1.165) is 66.1 Å². The average molecular weight is 378 g/mol. The Morgan fingerprint density at radius 2 is 2.14 bits per heavy atom. The summed E-state index contributed by atoms with van der Waals surface area (Å²) in [7, 11) is 0. The van der Waals surface area contributed by atoms with Crippen LogP contribution in [0.2, 0.25) is 0 Å². The third-order valence-electron chi connectivity index (χ3n) is 5.90. The molecule has 2 aliphatic rings. The zero-order valence-corrected chi connectivity index (χ0v) is 16.4. The van der Waals surface area contributed by atoms with Crippen LogP contribution in [-0.2, 0) is 6.54 Å². The molecule has 1 aliphatic carbocycles. The van der Waals surface area contributed by atoms with Crippen molar-refractivity contribution in [2.45, 2.75) is 51.8 Å². The van der Waals surface area contributed by atoms with Gasteiger partial charge in [0.05, 0.1) is 5.69 Å². The van der Waals surface area contributed by atoms with Crippen molar-refractivity contribution in [3.8, 4) is 11.5 Å². The monoisotopic (exact) mass is 378 g/mol. The molecule has 2 atom stereocenters. The maximum Gasteiger partial charge on any atom is 0.143 e. The highest BCUT2D eigenvalue weighted by Crippen LogP contribution is 2.38. The van der Waals surface area contributed by atoms with E-state index < -0.39 is 0 Å². The SMILES string of the molecule is Cc1cc2c(c(O[C@@H]3CCC(n4ccc5c(C)ncnc54)C3)c1)CNCCO2. The van der Waals surface area contributed by atoms with E-state index in [0.29, 0.717) is 12.6 Å². The highest BCUT2D eigenvalue weighted by Gasteiger charge is 2.29. The number of hydrogen-bond donors (Lipinski definition) is 1. The lowest BCUT2D eigenvalue weighted by Gasteiger charge is -2.19. The van der Waals surface area contributed by atoms with Crippen LogP contribution in [0.5, 0.6) is 11.5 Å². The molecule has 0 radical (unpaired) electrons. The van der Waals surface area contributed by atoms with Gasteiger partial charge in [0.2, 0.25) is 0 Å². The summed E-state index contributed by atoms with van der Waals surface area (Å²) in [6, 6.07) is 6.79. The lowest BCUT2D eigenvalue weighted by Crippen LogP contribution is -2.18. The van der Waals surface area contributed by atoms with Crippen molar-refractivity contribution in [2.24, 2.45) is 0 Å². The van der Waals surface area contributed by atoms with Crippen LogP contribution in [0, 0.1) is 13.8 Å². The number of ether oxygens (including phenoxy) is 2. The minimum absolute atomic E-state index is 0.208. The first-order valence-corrected chi connectivity index (χ1v) is 10.1. The second kappa shape index (κ2) is 7.09. The molecule has 1 fully saturated rings. The summed E-state index contributed by atoms with van der Waals surface area (Å²) in [4.78, 5) is 8.83. The lowest BCUT2D eigenvalue weighted by atomic mass is 10.1. The van der Waals surface area contributed by atoms with E-state index in [1.807, 2.05) is 6.92 Å². The minimum Gasteiger partial charge on any atom is -0.492 e. The maximum absolute atomic E-state index is 6.51. The Kier molecular flexibility index (Phi) is 4.43. The van der Waals surface area contributed by atoms with Gasteiger partial charge in [-0.25, -0.2) is 9.97 Å². The molecule has 28 heavy (non-hydrogen) atoms. The second-order valence-electron chi connectivity index (χ2n) is 7.89. The smallest absolute Gasteiger partial charge is 0.143 e. The second-order valence-corrected chi connectivity index (χ2v) is 7.89. The van der Waals surface area contributed by atoms with Crippen molar-refractivity contribution < 1.29 is 9.47 Å². The molecule has 1 aromatic carbocycles. The first-order chi connectivity index (χ1) is 13.7. The van der Waals surface area contributed by atoms with Gasteiger partial charge in [-0.15, -0.1) is 0 Å². The van der Waals surface area contributed by atoms with Crippen LogP contribution >= 0.6 is 0 Å². The average Bonchev–Trinajstić information content (AvgIpc) is 3.24. The Morgan fingerprint density at radius 1 is 1.21 bits per heavy atom. The zero-order valence-electron chi connectivity index (χ0n) is 16.4. The molecule has 2 aromatic heterocycles. The summed E-state index contributed by atoms with van der Waals surface area (Å²) in [5.74, 6) is 1.92. The van der Waals surface area contributed by atoms with Gasteiger partial charge in [-0.05, 0) is 50.5 Å². The van der Waals surface area contributed by atoms with Crippen LogP contribution in [0.15, 0.2) is 30.7 Å². The molecule has 6 heteroatoms. The largest absolute Gasteiger partial charge is 0.492 e. The molecule has 3 aromatic rings. The zero-order chi connectivity index (χ0) is 19.1. The first kappa shape index (κ1) is 17.5. The van der Waals surface area contributed by atoms with Gasteiger partial charge in [-0.2, -0.15) is 0 Å². The molecule has 1 saturated carbocycles. The highest BCUT2D eigenvalue weighted by molar-refractivity contribution is 5.78. The third-order valence-corrected chi connectivity index (χ3v) is 5.90. The van der Waals surface area contributed by atoms with Crippen LogP contribution in [0.25, 0.3) is 11.0 Å². The molecule has 1 aliphatic heterocycles. The molecular formula is C22H26N4O2. The van der Waals surface area contributed by atoms with Crippen molar-refractivity contribution >= 4 is 11.0 Å². The molecule has 1 unspecified atom stereocenters. The molecule has 0 spiro atoms. The molecule has 0 amide bonds. The summed E-state index contributed by atoms with van der Waals surface area (Å²) >= 11 is 0. The first-order valence-electron chi connectivity index (χ1n) is 10.1. The fraction of sp³-hybridized carbons (Fsp3) is 0.455. The van der Waals surface area contributed by atoms with E-state index in [1.54, 1.807) is 6.33 Å². The number of rotatable bonds is 3. The van der Waals surface area contributed by atoms with E-state index in [9.17, 15) is 0 Å². The molecule has 0 saturated heterocycles. The topological polar surface area (TPSA) is 61.2 Å². The molecule has 3 heterocycles. The van der Waals surface area contributed by atoms with Crippen molar-refractivity contribution in [2.75, 3.05) is 13.2 Å². The third kappa shape index (κ3) is 3.11. The Morgan fingerprint density at radius 3 is 3.07 bits per heavy atom. The lowest BCUT2D eigenvalue weighted by molar-refractivity contribution is 0.201. The minimum atomic E-state index is 0.208. The van der Waals surface area contributed by atoms with Gasteiger partial charge in [0.15, 0.2) is 0 Å². The molecule has 6 nitrogen and oxygen atoms in total. The molecular weight excluding hydrogens is 352 g/mol. The normalized spacial score (nSPS) is 21.9. The van der Waals surface area contributed by atoms with E-state index in [4.69, 9.17) is 9.47 Å².